The second-order valence-electron chi connectivity index (χ2n) is 3.62. The van der Waals surface area contributed by atoms with Gasteiger partial charge in [-0.15, -0.1) is 0 Å². The van der Waals surface area contributed by atoms with E-state index in [2.05, 4.69) is 15.9 Å². The summed E-state index contributed by atoms with van der Waals surface area (Å²) in [5.74, 6) is -1.31. The molecule has 0 aromatic heterocycles. The molecule has 0 aliphatic carbocycles. The summed E-state index contributed by atoms with van der Waals surface area (Å²) in [6.07, 6.45) is 0. The number of carbonyl (C=O) groups is 1. The summed E-state index contributed by atoms with van der Waals surface area (Å²) >= 11 is 9.05. The summed E-state index contributed by atoms with van der Waals surface area (Å²) in [7, 11) is 0. The van der Waals surface area contributed by atoms with Crippen LogP contribution in [0.1, 0.15) is 10.4 Å². The molecule has 3 nitrogen and oxygen atoms in total. The number of carboxylic acids is 1. The van der Waals surface area contributed by atoms with Crippen LogP contribution in [-0.4, -0.2) is 11.1 Å². The molecule has 0 atom stereocenters. The van der Waals surface area contributed by atoms with E-state index in [0.29, 0.717) is 4.47 Å². The molecule has 0 saturated heterocycles. The highest BCUT2D eigenvalue weighted by Gasteiger charge is 2.14. The van der Waals surface area contributed by atoms with E-state index in [0.717, 1.165) is 6.07 Å². The molecule has 2 aromatic rings. The molecule has 0 unspecified atom stereocenters. The molecule has 2 aromatic carbocycles. The molecule has 19 heavy (non-hydrogen) atoms. The summed E-state index contributed by atoms with van der Waals surface area (Å²) in [5, 5.41) is 9.13. The van der Waals surface area contributed by atoms with Crippen LogP contribution < -0.4 is 4.74 Å². The summed E-state index contributed by atoms with van der Waals surface area (Å²) in [5.41, 5.74) is -0.0106. The summed E-state index contributed by atoms with van der Waals surface area (Å²) < 4.78 is 19.0. The van der Waals surface area contributed by atoms with Gasteiger partial charge in [0, 0.05) is 4.47 Å². The van der Waals surface area contributed by atoms with Crippen molar-refractivity contribution in [3.8, 4) is 11.5 Å². The van der Waals surface area contributed by atoms with Gasteiger partial charge in [0.25, 0.3) is 0 Å². The Morgan fingerprint density at radius 2 is 1.95 bits per heavy atom. The smallest absolute Gasteiger partial charge is 0.339 e. The molecule has 6 heteroatoms. The van der Waals surface area contributed by atoms with Crippen LogP contribution in [-0.2, 0) is 0 Å². The normalized spacial score (nSPS) is 10.3. The number of ether oxygens (including phenoxy) is 1. The van der Waals surface area contributed by atoms with Crippen molar-refractivity contribution in [1.29, 1.82) is 0 Å². The van der Waals surface area contributed by atoms with Gasteiger partial charge in [-0.2, -0.15) is 0 Å². The van der Waals surface area contributed by atoms with Crippen molar-refractivity contribution in [2.45, 2.75) is 0 Å². The third-order valence-corrected chi connectivity index (χ3v) is 3.08. The Morgan fingerprint density at radius 3 is 2.58 bits per heavy atom. The Hall–Kier alpha value is -1.59. The van der Waals surface area contributed by atoms with Crippen molar-refractivity contribution >= 4 is 33.5 Å². The maximum Gasteiger partial charge on any atom is 0.339 e. The average molecular weight is 346 g/mol. The van der Waals surface area contributed by atoms with E-state index in [1.165, 1.54) is 24.3 Å². The minimum absolute atomic E-state index is 0.0106. The zero-order valence-electron chi connectivity index (χ0n) is 9.36. The van der Waals surface area contributed by atoms with Crippen LogP contribution in [0.4, 0.5) is 4.39 Å². The molecule has 0 saturated carbocycles. The van der Waals surface area contributed by atoms with Crippen molar-refractivity contribution in [2.24, 2.45) is 0 Å². The van der Waals surface area contributed by atoms with Crippen LogP contribution in [0, 0.1) is 5.82 Å². The molecule has 1 N–H and O–H groups in total. The number of hydrogen-bond donors (Lipinski definition) is 1. The lowest BCUT2D eigenvalue weighted by molar-refractivity contribution is 0.0694. The molecule has 0 amide bonds. The van der Waals surface area contributed by atoms with Crippen molar-refractivity contribution in [3.05, 3.63) is 57.3 Å². The minimum atomic E-state index is -1.12. The van der Waals surface area contributed by atoms with Gasteiger partial charge in [-0.1, -0.05) is 27.5 Å². The molecule has 0 spiro atoms. The van der Waals surface area contributed by atoms with E-state index < -0.39 is 11.8 Å². The summed E-state index contributed by atoms with van der Waals surface area (Å²) in [4.78, 5) is 11.1. The van der Waals surface area contributed by atoms with E-state index in [4.69, 9.17) is 21.4 Å². The SMILES string of the molecule is O=C(O)c1ccc(Br)cc1Oc1ccc(F)cc1Cl. The fraction of sp³-hybridized carbons (Fsp3) is 0. The molecule has 98 valence electrons. The monoisotopic (exact) mass is 344 g/mol. The number of aromatic carboxylic acids is 1. The van der Waals surface area contributed by atoms with E-state index in [1.54, 1.807) is 6.07 Å². The van der Waals surface area contributed by atoms with Crippen molar-refractivity contribution in [2.75, 3.05) is 0 Å². The van der Waals surface area contributed by atoms with Gasteiger partial charge in [0.15, 0.2) is 0 Å². The maximum atomic E-state index is 12.9. The van der Waals surface area contributed by atoms with Crippen molar-refractivity contribution < 1.29 is 19.0 Å². The first kappa shape index (κ1) is 13.8. The first-order valence-corrected chi connectivity index (χ1v) is 6.30. The van der Waals surface area contributed by atoms with E-state index in [9.17, 15) is 9.18 Å². The van der Waals surface area contributed by atoms with Crippen molar-refractivity contribution in [3.63, 3.8) is 0 Å². The Bertz CT molecular complexity index is 646. The number of halogens is 3. The molecule has 0 heterocycles. The molecular formula is C13H7BrClFO3. The number of rotatable bonds is 3. The van der Waals surface area contributed by atoms with Gasteiger partial charge in [0.1, 0.15) is 22.9 Å². The lowest BCUT2D eigenvalue weighted by atomic mass is 10.2. The number of hydrogen-bond acceptors (Lipinski definition) is 2. The Balaban J connectivity index is 2.42. The van der Waals surface area contributed by atoms with E-state index in [1.807, 2.05) is 0 Å². The van der Waals surface area contributed by atoms with Crippen molar-refractivity contribution in [1.82, 2.24) is 0 Å². The highest BCUT2D eigenvalue weighted by atomic mass is 79.9. The molecular weight excluding hydrogens is 338 g/mol. The van der Waals surface area contributed by atoms with Gasteiger partial charge >= 0.3 is 5.97 Å². The lowest BCUT2D eigenvalue weighted by Crippen LogP contribution is -2.00. The summed E-state index contributed by atoms with van der Waals surface area (Å²) in [6.45, 7) is 0. The highest BCUT2D eigenvalue weighted by molar-refractivity contribution is 9.10. The molecule has 0 bridgehead atoms. The zero-order valence-corrected chi connectivity index (χ0v) is 11.7. The van der Waals surface area contributed by atoms with Crippen LogP contribution in [0.25, 0.3) is 0 Å². The first-order chi connectivity index (χ1) is 8.97. The largest absolute Gasteiger partial charge is 0.478 e. The number of benzene rings is 2. The lowest BCUT2D eigenvalue weighted by Gasteiger charge is -2.10. The number of carboxylic acid groups (broad SMARTS) is 1. The van der Waals surface area contributed by atoms with Gasteiger partial charge in [-0.3, -0.25) is 0 Å². The maximum absolute atomic E-state index is 12.9. The molecule has 2 rings (SSSR count). The van der Waals surface area contributed by atoms with Crippen LogP contribution in [0.3, 0.4) is 0 Å². The second-order valence-corrected chi connectivity index (χ2v) is 4.95. The van der Waals surface area contributed by atoms with Crippen LogP contribution >= 0.6 is 27.5 Å². The quantitative estimate of drug-likeness (QED) is 0.874. The zero-order chi connectivity index (χ0) is 14.0. The standard InChI is InChI=1S/C13H7BrClFO3/c14-7-1-3-9(13(17)18)12(5-7)19-11-4-2-8(16)6-10(11)15/h1-6H,(H,17,18). The average Bonchev–Trinajstić information content (AvgIpc) is 2.32. The molecule has 0 fully saturated rings. The fourth-order valence-electron chi connectivity index (χ4n) is 1.43. The first-order valence-electron chi connectivity index (χ1n) is 5.13. The van der Waals surface area contributed by atoms with Gasteiger partial charge < -0.3 is 9.84 Å². The fourth-order valence-corrected chi connectivity index (χ4v) is 1.98. The van der Waals surface area contributed by atoms with E-state index in [-0.39, 0.29) is 22.1 Å². The third kappa shape index (κ3) is 3.24. The summed E-state index contributed by atoms with van der Waals surface area (Å²) in [6, 6.07) is 8.10. The van der Waals surface area contributed by atoms with Crippen LogP contribution in [0.5, 0.6) is 11.5 Å². The molecule has 0 radical (unpaired) electrons. The van der Waals surface area contributed by atoms with Gasteiger partial charge in [0.05, 0.1) is 5.02 Å². The van der Waals surface area contributed by atoms with Gasteiger partial charge in [0.2, 0.25) is 0 Å². The Morgan fingerprint density at radius 1 is 1.21 bits per heavy atom. The predicted octanol–water partition coefficient (Wildman–Crippen LogP) is 4.73. The molecule has 0 aliphatic heterocycles. The molecule has 0 aliphatic rings. The Labute approximate surface area is 121 Å². The van der Waals surface area contributed by atoms with Crippen LogP contribution in [0.15, 0.2) is 40.9 Å². The van der Waals surface area contributed by atoms with E-state index >= 15 is 0 Å². The topological polar surface area (TPSA) is 46.5 Å². The van der Waals surface area contributed by atoms with Gasteiger partial charge in [-0.25, -0.2) is 9.18 Å². The highest BCUT2D eigenvalue weighted by Crippen LogP contribution is 2.33. The third-order valence-electron chi connectivity index (χ3n) is 2.29. The van der Waals surface area contributed by atoms with Gasteiger partial charge in [-0.05, 0) is 36.4 Å². The minimum Gasteiger partial charge on any atom is -0.478 e. The van der Waals surface area contributed by atoms with Crippen LogP contribution in [0.2, 0.25) is 5.02 Å². The second kappa shape index (κ2) is 5.59. The Kier molecular flexibility index (Phi) is 4.07. The predicted molar refractivity (Wildman–Crippen MR) is 72.6 cm³/mol.